The van der Waals surface area contributed by atoms with Crippen molar-refractivity contribution in [2.75, 3.05) is 6.61 Å². The Morgan fingerprint density at radius 1 is 1.56 bits per heavy atom. The van der Waals surface area contributed by atoms with Crippen molar-refractivity contribution < 1.29 is 9.53 Å². The van der Waals surface area contributed by atoms with E-state index < -0.39 is 0 Å². The van der Waals surface area contributed by atoms with Crippen LogP contribution in [0.25, 0.3) is 0 Å². The predicted octanol–water partition coefficient (Wildman–Crippen LogP) is 1.60. The molecule has 1 saturated heterocycles. The van der Waals surface area contributed by atoms with Crippen molar-refractivity contribution in [1.29, 1.82) is 0 Å². The normalized spacial score (nSPS) is 24.1. The van der Waals surface area contributed by atoms with Gasteiger partial charge in [-0.05, 0) is 17.0 Å². The van der Waals surface area contributed by atoms with Gasteiger partial charge in [0.2, 0.25) is 0 Å². The Bertz CT molecular complexity index is 139. The van der Waals surface area contributed by atoms with E-state index in [0.717, 1.165) is 12.0 Å². The van der Waals surface area contributed by atoms with E-state index in [2.05, 4.69) is 15.9 Å². The van der Waals surface area contributed by atoms with Gasteiger partial charge in [-0.15, -0.1) is 0 Å². The van der Waals surface area contributed by atoms with Gasteiger partial charge in [0.15, 0.2) is 0 Å². The molecule has 0 amide bonds. The molecular formula is C6H7BrO2. The standard InChI is InChI=1S/C6H7BrO2/c7-3-5-1-2-6(8)9-4-5/h3H,1-2,4H2/b5-3-. The summed E-state index contributed by atoms with van der Waals surface area (Å²) in [6, 6.07) is 0. The Hall–Kier alpha value is -0.310. The Labute approximate surface area is 62.0 Å². The topological polar surface area (TPSA) is 26.3 Å². The maximum atomic E-state index is 10.5. The van der Waals surface area contributed by atoms with Crippen molar-refractivity contribution in [1.82, 2.24) is 0 Å². The van der Waals surface area contributed by atoms with Crippen molar-refractivity contribution in [3.63, 3.8) is 0 Å². The van der Waals surface area contributed by atoms with Crippen LogP contribution < -0.4 is 0 Å². The first-order valence-corrected chi connectivity index (χ1v) is 3.68. The summed E-state index contributed by atoms with van der Waals surface area (Å²) in [6.45, 7) is 0.462. The van der Waals surface area contributed by atoms with Gasteiger partial charge < -0.3 is 4.74 Å². The van der Waals surface area contributed by atoms with Crippen LogP contribution in [0.1, 0.15) is 12.8 Å². The molecule has 0 aromatic heterocycles. The highest BCUT2D eigenvalue weighted by atomic mass is 79.9. The first kappa shape index (κ1) is 6.81. The van der Waals surface area contributed by atoms with Gasteiger partial charge in [0, 0.05) is 6.42 Å². The van der Waals surface area contributed by atoms with E-state index in [1.54, 1.807) is 0 Å². The number of carbonyl (C=O) groups is 1. The van der Waals surface area contributed by atoms with Gasteiger partial charge in [-0.3, -0.25) is 4.79 Å². The maximum Gasteiger partial charge on any atom is 0.306 e. The Kier molecular flexibility index (Phi) is 2.28. The third kappa shape index (κ3) is 1.82. The molecule has 0 saturated carbocycles. The summed E-state index contributed by atoms with van der Waals surface area (Å²) in [5, 5.41) is 0. The minimum Gasteiger partial charge on any atom is -0.461 e. The lowest BCUT2D eigenvalue weighted by Gasteiger charge is -2.12. The fourth-order valence-corrected chi connectivity index (χ4v) is 1.03. The highest BCUT2D eigenvalue weighted by molar-refractivity contribution is 9.11. The van der Waals surface area contributed by atoms with Crippen LogP contribution in [0.15, 0.2) is 10.6 Å². The molecule has 3 heteroatoms. The average Bonchev–Trinajstić information content (AvgIpc) is 1.90. The summed E-state index contributed by atoms with van der Waals surface area (Å²) in [4.78, 5) is 12.3. The molecule has 0 aliphatic carbocycles. The van der Waals surface area contributed by atoms with E-state index in [-0.39, 0.29) is 5.97 Å². The molecular weight excluding hydrogens is 184 g/mol. The van der Waals surface area contributed by atoms with Crippen molar-refractivity contribution in [3.8, 4) is 0 Å². The van der Waals surface area contributed by atoms with Gasteiger partial charge in [-0.2, -0.15) is 0 Å². The largest absolute Gasteiger partial charge is 0.461 e. The lowest BCUT2D eigenvalue weighted by molar-refractivity contribution is -0.144. The second-order valence-corrected chi connectivity index (χ2v) is 2.39. The molecule has 0 radical (unpaired) electrons. The van der Waals surface area contributed by atoms with Crippen LogP contribution in [-0.4, -0.2) is 12.6 Å². The number of cyclic esters (lactones) is 1. The zero-order valence-electron chi connectivity index (χ0n) is 4.89. The second kappa shape index (κ2) is 3.01. The second-order valence-electron chi connectivity index (χ2n) is 1.93. The van der Waals surface area contributed by atoms with Crippen molar-refractivity contribution in [3.05, 3.63) is 10.6 Å². The molecule has 50 valence electrons. The molecule has 0 unspecified atom stereocenters. The number of hydrogen-bond donors (Lipinski definition) is 0. The molecule has 1 heterocycles. The Morgan fingerprint density at radius 2 is 2.33 bits per heavy atom. The van der Waals surface area contributed by atoms with Gasteiger partial charge in [0.05, 0.1) is 0 Å². The summed E-state index contributed by atoms with van der Waals surface area (Å²) in [7, 11) is 0. The van der Waals surface area contributed by atoms with E-state index in [1.165, 1.54) is 0 Å². The summed E-state index contributed by atoms with van der Waals surface area (Å²) in [6.07, 6.45) is 1.36. The van der Waals surface area contributed by atoms with Crippen LogP contribution in [0.2, 0.25) is 0 Å². The maximum absolute atomic E-state index is 10.5. The van der Waals surface area contributed by atoms with Gasteiger partial charge in [0.1, 0.15) is 6.61 Å². The molecule has 1 aliphatic heterocycles. The first-order chi connectivity index (χ1) is 4.33. The molecule has 0 atom stereocenters. The van der Waals surface area contributed by atoms with E-state index in [1.807, 2.05) is 4.99 Å². The average molecular weight is 191 g/mol. The van der Waals surface area contributed by atoms with Crippen LogP contribution >= 0.6 is 15.9 Å². The zero-order chi connectivity index (χ0) is 6.69. The van der Waals surface area contributed by atoms with E-state index in [4.69, 9.17) is 4.74 Å². The van der Waals surface area contributed by atoms with Crippen LogP contribution in [0.4, 0.5) is 0 Å². The van der Waals surface area contributed by atoms with Crippen LogP contribution in [0.3, 0.4) is 0 Å². The summed E-state index contributed by atoms with van der Waals surface area (Å²) in [5.41, 5.74) is 1.15. The van der Waals surface area contributed by atoms with Crippen molar-refractivity contribution in [2.24, 2.45) is 0 Å². The number of halogens is 1. The van der Waals surface area contributed by atoms with Gasteiger partial charge in [0.25, 0.3) is 0 Å². The lowest BCUT2D eigenvalue weighted by Crippen LogP contribution is -2.13. The molecule has 2 nitrogen and oxygen atoms in total. The van der Waals surface area contributed by atoms with Gasteiger partial charge >= 0.3 is 5.97 Å². The number of carbonyl (C=O) groups excluding carboxylic acids is 1. The molecule has 9 heavy (non-hydrogen) atoms. The smallest absolute Gasteiger partial charge is 0.306 e. The Morgan fingerprint density at radius 3 is 2.78 bits per heavy atom. The molecule has 0 spiro atoms. The lowest BCUT2D eigenvalue weighted by atomic mass is 10.1. The minimum absolute atomic E-state index is 0.0897. The van der Waals surface area contributed by atoms with Gasteiger partial charge in [-0.1, -0.05) is 15.9 Å². The molecule has 0 aromatic rings. The van der Waals surface area contributed by atoms with Gasteiger partial charge in [-0.25, -0.2) is 0 Å². The molecule has 1 fully saturated rings. The fraction of sp³-hybridized carbons (Fsp3) is 0.500. The van der Waals surface area contributed by atoms with Crippen LogP contribution in [-0.2, 0) is 9.53 Å². The minimum atomic E-state index is -0.0897. The van der Waals surface area contributed by atoms with E-state index >= 15 is 0 Å². The molecule has 0 N–H and O–H groups in total. The summed E-state index contributed by atoms with van der Waals surface area (Å²) in [5.74, 6) is -0.0897. The number of ether oxygens (including phenoxy) is 1. The highest BCUT2D eigenvalue weighted by Crippen LogP contribution is 2.14. The molecule has 0 aromatic carbocycles. The van der Waals surface area contributed by atoms with Crippen LogP contribution in [0, 0.1) is 0 Å². The third-order valence-electron chi connectivity index (χ3n) is 1.22. The first-order valence-electron chi connectivity index (χ1n) is 2.76. The third-order valence-corrected chi connectivity index (χ3v) is 1.87. The van der Waals surface area contributed by atoms with E-state index in [9.17, 15) is 4.79 Å². The molecule has 1 rings (SSSR count). The predicted molar refractivity (Wildman–Crippen MR) is 37.2 cm³/mol. The number of hydrogen-bond acceptors (Lipinski definition) is 2. The fourth-order valence-electron chi connectivity index (χ4n) is 0.666. The number of rotatable bonds is 0. The monoisotopic (exact) mass is 190 g/mol. The highest BCUT2D eigenvalue weighted by Gasteiger charge is 2.11. The summed E-state index contributed by atoms with van der Waals surface area (Å²) >= 11 is 3.18. The summed E-state index contributed by atoms with van der Waals surface area (Å²) < 4.78 is 4.74. The van der Waals surface area contributed by atoms with E-state index in [0.29, 0.717) is 13.0 Å². The zero-order valence-corrected chi connectivity index (χ0v) is 6.48. The van der Waals surface area contributed by atoms with Crippen molar-refractivity contribution in [2.45, 2.75) is 12.8 Å². The SMILES string of the molecule is O=C1CC/C(=C/Br)CO1. The molecule has 1 aliphatic rings. The number of esters is 1. The quantitative estimate of drug-likeness (QED) is 0.543. The molecule has 0 bridgehead atoms. The van der Waals surface area contributed by atoms with Crippen molar-refractivity contribution >= 4 is 21.9 Å². The Balaban J connectivity index is 2.44. The van der Waals surface area contributed by atoms with Crippen LogP contribution in [0.5, 0.6) is 0 Å².